The van der Waals surface area contributed by atoms with Gasteiger partial charge in [0.15, 0.2) is 0 Å². The minimum atomic E-state index is -0.104. The molecule has 0 aliphatic carbocycles. The van der Waals surface area contributed by atoms with Gasteiger partial charge in [0, 0.05) is 30.6 Å². The molecular weight excluding hydrogens is 440 g/mol. The molecule has 178 valence electrons. The predicted octanol–water partition coefficient (Wildman–Crippen LogP) is 5.75. The molecule has 7 heteroatoms. The number of amides is 1. The molecule has 0 saturated carbocycles. The van der Waals surface area contributed by atoms with Crippen LogP contribution in [0.2, 0.25) is 0 Å². The van der Waals surface area contributed by atoms with Crippen molar-refractivity contribution in [1.29, 1.82) is 0 Å². The van der Waals surface area contributed by atoms with Gasteiger partial charge >= 0.3 is 0 Å². The van der Waals surface area contributed by atoms with E-state index in [2.05, 4.69) is 16.0 Å². The second-order valence-corrected chi connectivity index (χ2v) is 8.60. The molecule has 1 fully saturated rings. The number of ether oxygens (including phenoxy) is 2. The van der Waals surface area contributed by atoms with E-state index >= 15 is 0 Å². The zero-order valence-electron chi connectivity index (χ0n) is 20.0. The first-order valence-electron chi connectivity index (χ1n) is 11.8. The normalized spacial score (nSPS) is 15.7. The second-order valence-electron chi connectivity index (χ2n) is 8.60. The smallest absolute Gasteiger partial charge is 0.246 e. The van der Waals surface area contributed by atoms with Gasteiger partial charge in [-0.1, -0.05) is 12.6 Å². The number of benzene rings is 2. The average molecular weight is 469 g/mol. The topological polar surface area (TPSA) is 69.0 Å². The van der Waals surface area contributed by atoms with Crippen molar-refractivity contribution < 1.29 is 14.3 Å². The summed E-state index contributed by atoms with van der Waals surface area (Å²) in [5, 5.41) is 0. The van der Waals surface area contributed by atoms with E-state index in [-0.39, 0.29) is 11.9 Å². The number of carbonyl (C=O) groups excluding carboxylic acids is 1. The summed E-state index contributed by atoms with van der Waals surface area (Å²) >= 11 is 0. The molecule has 4 aromatic rings. The molecule has 0 bridgehead atoms. The van der Waals surface area contributed by atoms with Gasteiger partial charge in [0.1, 0.15) is 23.1 Å². The maximum absolute atomic E-state index is 12.6. The summed E-state index contributed by atoms with van der Waals surface area (Å²) in [4.78, 5) is 24.1. The lowest BCUT2D eigenvalue weighted by Crippen LogP contribution is -2.38. The summed E-state index contributed by atoms with van der Waals surface area (Å²) < 4.78 is 13.4. The van der Waals surface area contributed by atoms with E-state index in [1.165, 1.54) is 6.08 Å². The minimum Gasteiger partial charge on any atom is -0.497 e. The summed E-state index contributed by atoms with van der Waals surface area (Å²) in [5.41, 5.74) is 3.63. The van der Waals surface area contributed by atoms with E-state index in [9.17, 15) is 4.79 Å². The maximum atomic E-state index is 12.6. The van der Waals surface area contributed by atoms with E-state index in [1.807, 2.05) is 66.6 Å². The number of aryl methyl sites for hydroxylation is 1. The quantitative estimate of drug-likeness (QED) is 0.337. The summed E-state index contributed by atoms with van der Waals surface area (Å²) in [6.45, 7) is 6.39. The molecule has 35 heavy (non-hydrogen) atoms. The molecule has 0 N–H and O–H groups in total. The van der Waals surface area contributed by atoms with Crippen LogP contribution in [0.15, 0.2) is 73.6 Å². The van der Waals surface area contributed by atoms with Gasteiger partial charge < -0.3 is 14.4 Å². The van der Waals surface area contributed by atoms with Gasteiger partial charge in [0.05, 0.1) is 30.1 Å². The monoisotopic (exact) mass is 468 g/mol. The number of imidazole rings is 1. The van der Waals surface area contributed by atoms with Gasteiger partial charge in [-0.05, 0) is 68.7 Å². The van der Waals surface area contributed by atoms with Crippen molar-refractivity contribution >= 4 is 11.4 Å². The van der Waals surface area contributed by atoms with Crippen LogP contribution in [0.1, 0.15) is 36.8 Å². The van der Waals surface area contributed by atoms with Crippen LogP contribution >= 0.6 is 0 Å². The number of carbonyl (C=O) groups is 1. The molecule has 1 amide bonds. The Morgan fingerprint density at radius 3 is 2.69 bits per heavy atom. The second kappa shape index (κ2) is 9.62. The summed E-state index contributed by atoms with van der Waals surface area (Å²) in [6, 6.07) is 15.3. The van der Waals surface area contributed by atoms with Gasteiger partial charge in [0.2, 0.25) is 5.91 Å². The Morgan fingerprint density at radius 2 is 1.91 bits per heavy atom. The molecule has 2 aromatic carbocycles. The zero-order chi connectivity index (χ0) is 24.4. The minimum absolute atomic E-state index is 0.0576. The first-order chi connectivity index (χ1) is 17.1. The van der Waals surface area contributed by atoms with Crippen LogP contribution in [0.4, 0.5) is 0 Å². The van der Waals surface area contributed by atoms with Crippen molar-refractivity contribution in [3.05, 3.63) is 85.1 Å². The van der Waals surface area contributed by atoms with Crippen LogP contribution in [0.25, 0.3) is 16.8 Å². The fourth-order valence-corrected chi connectivity index (χ4v) is 4.72. The number of fused-ring (bicyclic) bond motifs is 1. The fourth-order valence-electron chi connectivity index (χ4n) is 4.72. The number of aromatic nitrogens is 3. The van der Waals surface area contributed by atoms with Gasteiger partial charge in [-0.3, -0.25) is 14.2 Å². The Kier molecular flexibility index (Phi) is 6.23. The third-order valence-corrected chi connectivity index (χ3v) is 6.43. The van der Waals surface area contributed by atoms with Crippen molar-refractivity contribution in [3.8, 4) is 28.5 Å². The number of piperidine rings is 1. The van der Waals surface area contributed by atoms with Crippen LogP contribution in [0.5, 0.6) is 17.2 Å². The van der Waals surface area contributed by atoms with Gasteiger partial charge in [0.25, 0.3) is 0 Å². The summed E-state index contributed by atoms with van der Waals surface area (Å²) in [7, 11) is 1.63. The van der Waals surface area contributed by atoms with E-state index in [4.69, 9.17) is 14.5 Å². The van der Waals surface area contributed by atoms with Crippen LogP contribution < -0.4 is 9.47 Å². The van der Waals surface area contributed by atoms with Crippen LogP contribution in [0, 0.1) is 6.92 Å². The van der Waals surface area contributed by atoms with Crippen molar-refractivity contribution in [2.75, 3.05) is 13.7 Å². The molecule has 2 aromatic heterocycles. The number of likely N-dealkylation sites (tertiary alicyclic amines) is 1. The van der Waals surface area contributed by atoms with Gasteiger partial charge in [-0.25, -0.2) is 4.98 Å². The highest BCUT2D eigenvalue weighted by Crippen LogP contribution is 2.36. The standard InChI is InChI=1S/C28H28N4O3/c1-4-25(33)31-16-6-5-10-24(31)28-30-26(27-19(2)29-15-17-32(27)28)20-11-13-21(14-12-20)35-23-9-7-8-22(18-23)34-3/h4,7-9,11-15,17-18,24H,1,5-6,10,16H2,2-3H3/t24-/m0/s1. The third-order valence-electron chi connectivity index (χ3n) is 6.43. The van der Waals surface area contributed by atoms with Crippen molar-refractivity contribution in [2.45, 2.75) is 32.2 Å². The lowest BCUT2D eigenvalue weighted by Gasteiger charge is -2.34. The van der Waals surface area contributed by atoms with Crippen molar-refractivity contribution in [2.24, 2.45) is 0 Å². The SMILES string of the molecule is C=CC(=O)N1CCCC[C@H]1c1nc(-c2ccc(Oc3cccc(OC)c3)cc2)c2c(C)nccn12. The molecule has 3 heterocycles. The molecule has 7 nitrogen and oxygen atoms in total. The number of hydrogen-bond acceptors (Lipinski definition) is 5. The van der Waals surface area contributed by atoms with Crippen LogP contribution in [-0.4, -0.2) is 38.8 Å². The molecule has 1 atom stereocenters. The number of nitrogens with zero attached hydrogens (tertiary/aromatic N) is 4. The Labute approximate surface area is 204 Å². The highest BCUT2D eigenvalue weighted by atomic mass is 16.5. The maximum Gasteiger partial charge on any atom is 0.246 e. The molecule has 0 radical (unpaired) electrons. The molecule has 0 unspecified atom stereocenters. The largest absolute Gasteiger partial charge is 0.497 e. The van der Waals surface area contributed by atoms with Gasteiger partial charge in [-0.2, -0.15) is 0 Å². The summed E-state index contributed by atoms with van der Waals surface area (Å²) in [5.74, 6) is 2.96. The average Bonchev–Trinajstić information content (AvgIpc) is 3.29. The first-order valence-corrected chi connectivity index (χ1v) is 11.8. The lowest BCUT2D eigenvalue weighted by molar-refractivity contribution is -0.129. The van der Waals surface area contributed by atoms with Crippen LogP contribution in [0.3, 0.4) is 0 Å². The van der Waals surface area contributed by atoms with E-state index < -0.39 is 0 Å². The highest BCUT2D eigenvalue weighted by molar-refractivity contribution is 5.87. The highest BCUT2D eigenvalue weighted by Gasteiger charge is 2.31. The van der Waals surface area contributed by atoms with Crippen molar-refractivity contribution in [3.63, 3.8) is 0 Å². The van der Waals surface area contributed by atoms with E-state index in [0.717, 1.165) is 59.1 Å². The Balaban J connectivity index is 1.52. The molecule has 1 saturated heterocycles. The fraction of sp³-hybridized carbons (Fsp3) is 0.250. The van der Waals surface area contributed by atoms with E-state index in [1.54, 1.807) is 13.3 Å². The predicted molar refractivity (Wildman–Crippen MR) is 135 cm³/mol. The van der Waals surface area contributed by atoms with E-state index in [0.29, 0.717) is 12.3 Å². The number of hydrogen-bond donors (Lipinski definition) is 0. The number of rotatable bonds is 6. The Bertz CT molecular complexity index is 1380. The molecule has 0 spiro atoms. The Morgan fingerprint density at radius 1 is 1.11 bits per heavy atom. The first kappa shape index (κ1) is 22.7. The third kappa shape index (κ3) is 4.37. The van der Waals surface area contributed by atoms with Crippen LogP contribution in [-0.2, 0) is 4.79 Å². The van der Waals surface area contributed by atoms with Gasteiger partial charge in [-0.15, -0.1) is 0 Å². The zero-order valence-corrected chi connectivity index (χ0v) is 20.0. The molecule has 1 aliphatic rings. The summed E-state index contributed by atoms with van der Waals surface area (Å²) in [6.07, 6.45) is 8.01. The lowest BCUT2D eigenvalue weighted by atomic mass is 10.0. The number of methoxy groups -OCH3 is 1. The molecule has 1 aliphatic heterocycles. The Hall–Kier alpha value is -4.13. The molecule has 5 rings (SSSR count). The molecular formula is C28H28N4O3. The van der Waals surface area contributed by atoms with Crippen molar-refractivity contribution in [1.82, 2.24) is 19.3 Å².